The highest BCUT2D eigenvalue weighted by molar-refractivity contribution is 9.10. The lowest BCUT2D eigenvalue weighted by Gasteiger charge is -2.36. The number of benzene rings is 1. The van der Waals surface area contributed by atoms with Gasteiger partial charge in [0.25, 0.3) is 0 Å². The predicted octanol–water partition coefficient (Wildman–Crippen LogP) is 3.07. The summed E-state index contributed by atoms with van der Waals surface area (Å²) < 4.78 is 1.05. The number of nitrogens with two attached hydrogens (primary N) is 1. The van der Waals surface area contributed by atoms with E-state index in [4.69, 9.17) is 5.73 Å². The summed E-state index contributed by atoms with van der Waals surface area (Å²) in [4.78, 5) is 15.1. The Labute approximate surface area is 135 Å². The first-order chi connectivity index (χ1) is 10.0. The molecule has 4 heteroatoms. The van der Waals surface area contributed by atoms with E-state index in [9.17, 15) is 4.79 Å². The summed E-state index contributed by atoms with van der Waals surface area (Å²) in [6.45, 7) is 3.77. The Hall–Kier alpha value is -0.870. The van der Waals surface area contributed by atoms with Gasteiger partial charge in [-0.15, -0.1) is 0 Å². The molecule has 1 aromatic carbocycles. The Morgan fingerprint density at radius 1 is 1.48 bits per heavy atom. The standard InChI is InChI=1S/C17H23BrN2O/c1-12(19)13-4-3-9-20(11-13)16(21)17(7-8-17)14-5-2-6-15(18)10-14/h2,5-6,10,12-13H,3-4,7-9,11,19H2,1H3. The second kappa shape index (κ2) is 5.73. The number of hydrogen-bond donors (Lipinski definition) is 1. The Balaban J connectivity index is 1.78. The van der Waals surface area contributed by atoms with Crippen LogP contribution in [0.4, 0.5) is 0 Å². The fourth-order valence-corrected chi connectivity index (χ4v) is 3.86. The van der Waals surface area contributed by atoms with Crippen LogP contribution in [0.1, 0.15) is 38.2 Å². The van der Waals surface area contributed by atoms with Crippen LogP contribution in [0.5, 0.6) is 0 Å². The van der Waals surface area contributed by atoms with Crippen molar-refractivity contribution in [3.63, 3.8) is 0 Å². The van der Waals surface area contributed by atoms with Crippen molar-refractivity contribution < 1.29 is 4.79 Å². The molecule has 21 heavy (non-hydrogen) atoms. The Bertz CT molecular complexity index is 539. The third kappa shape index (κ3) is 2.88. The van der Waals surface area contributed by atoms with Crippen LogP contribution in [0.3, 0.4) is 0 Å². The number of amides is 1. The first-order valence-corrected chi connectivity index (χ1v) is 8.63. The number of carbonyl (C=O) groups excluding carboxylic acids is 1. The van der Waals surface area contributed by atoms with Crippen LogP contribution >= 0.6 is 15.9 Å². The molecule has 1 aliphatic carbocycles. The van der Waals surface area contributed by atoms with Crippen LogP contribution < -0.4 is 5.73 Å². The number of rotatable bonds is 3. The topological polar surface area (TPSA) is 46.3 Å². The minimum atomic E-state index is -0.260. The lowest BCUT2D eigenvalue weighted by Crippen LogP contribution is -2.48. The zero-order chi connectivity index (χ0) is 15.0. The molecule has 0 spiro atoms. The second-order valence-electron chi connectivity index (χ2n) is 6.61. The van der Waals surface area contributed by atoms with Crippen LogP contribution in [0, 0.1) is 5.92 Å². The second-order valence-corrected chi connectivity index (χ2v) is 7.52. The SMILES string of the molecule is CC(N)C1CCCN(C(=O)C2(c3cccc(Br)c3)CC2)C1. The van der Waals surface area contributed by atoms with Crippen LogP contribution in [-0.2, 0) is 10.2 Å². The van der Waals surface area contributed by atoms with E-state index in [0.717, 1.165) is 48.8 Å². The van der Waals surface area contributed by atoms with Gasteiger partial charge in [0, 0.05) is 23.6 Å². The van der Waals surface area contributed by atoms with Gasteiger partial charge in [-0.25, -0.2) is 0 Å². The molecule has 1 saturated carbocycles. The van der Waals surface area contributed by atoms with Gasteiger partial charge in [0.15, 0.2) is 0 Å². The fraction of sp³-hybridized carbons (Fsp3) is 0.588. The molecule has 3 rings (SSSR count). The number of piperidine rings is 1. The van der Waals surface area contributed by atoms with Crippen molar-refractivity contribution in [2.45, 2.75) is 44.1 Å². The summed E-state index contributed by atoms with van der Waals surface area (Å²) in [7, 11) is 0. The summed E-state index contributed by atoms with van der Waals surface area (Å²) in [5.74, 6) is 0.756. The van der Waals surface area contributed by atoms with Crippen molar-refractivity contribution in [1.29, 1.82) is 0 Å². The number of nitrogens with zero attached hydrogens (tertiary/aromatic N) is 1. The van der Waals surface area contributed by atoms with Crippen molar-refractivity contribution in [3.05, 3.63) is 34.3 Å². The van der Waals surface area contributed by atoms with Gasteiger partial charge in [0.05, 0.1) is 5.41 Å². The molecule has 1 amide bonds. The zero-order valence-corrected chi connectivity index (χ0v) is 14.1. The maximum Gasteiger partial charge on any atom is 0.233 e. The van der Waals surface area contributed by atoms with Gasteiger partial charge >= 0.3 is 0 Å². The van der Waals surface area contributed by atoms with Crippen molar-refractivity contribution in [3.8, 4) is 0 Å². The van der Waals surface area contributed by atoms with Crippen LogP contribution in [0.2, 0.25) is 0 Å². The van der Waals surface area contributed by atoms with E-state index in [0.29, 0.717) is 11.8 Å². The summed E-state index contributed by atoms with van der Waals surface area (Å²) in [5, 5.41) is 0. The maximum atomic E-state index is 13.0. The largest absolute Gasteiger partial charge is 0.342 e. The maximum absolute atomic E-state index is 13.0. The van der Waals surface area contributed by atoms with Gasteiger partial charge in [0.2, 0.25) is 5.91 Å². The van der Waals surface area contributed by atoms with E-state index in [1.54, 1.807) is 0 Å². The van der Waals surface area contributed by atoms with Gasteiger partial charge in [-0.05, 0) is 56.2 Å². The van der Waals surface area contributed by atoms with Crippen molar-refractivity contribution in [1.82, 2.24) is 4.90 Å². The number of hydrogen-bond acceptors (Lipinski definition) is 2. The minimum Gasteiger partial charge on any atom is -0.342 e. The predicted molar refractivity (Wildman–Crippen MR) is 88.0 cm³/mol. The summed E-state index contributed by atoms with van der Waals surface area (Å²) in [6.07, 6.45) is 4.17. The first kappa shape index (κ1) is 15.0. The van der Waals surface area contributed by atoms with E-state index in [-0.39, 0.29) is 11.5 Å². The fourth-order valence-electron chi connectivity index (χ4n) is 3.46. The van der Waals surface area contributed by atoms with Gasteiger partial charge in [-0.3, -0.25) is 4.79 Å². The molecule has 1 saturated heterocycles. The Morgan fingerprint density at radius 2 is 2.24 bits per heavy atom. The molecular weight excluding hydrogens is 328 g/mol. The lowest BCUT2D eigenvalue weighted by atomic mass is 9.89. The average Bonchev–Trinajstić information content (AvgIpc) is 3.28. The van der Waals surface area contributed by atoms with E-state index < -0.39 is 0 Å². The van der Waals surface area contributed by atoms with Crippen LogP contribution in [0.15, 0.2) is 28.7 Å². The van der Waals surface area contributed by atoms with Crippen molar-refractivity contribution in [2.24, 2.45) is 11.7 Å². The molecule has 1 heterocycles. The van der Waals surface area contributed by atoms with Gasteiger partial charge in [-0.1, -0.05) is 28.1 Å². The normalized spacial score (nSPS) is 25.5. The smallest absolute Gasteiger partial charge is 0.233 e. The molecule has 3 nitrogen and oxygen atoms in total. The third-order valence-corrected chi connectivity index (χ3v) is 5.52. The van der Waals surface area contributed by atoms with E-state index in [1.807, 2.05) is 12.1 Å². The molecule has 1 aromatic rings. The minimum absolute atomic E-state index is 0.168. The van der Waals surface area contributed by atoms with Gasteiger partial charge in [0.1, 0.15) is 0 Å². The zero-order valence-electron chi connectivity index (χ0n) is 12.5. The van der Waals surface area contributed by atoms with Gasteiger partial charge in [-0.2, -0.15) is 0 Å². The number of halogens is 1. The van der Waals surface area contributed by atoms with E-state index in [1.165, 1.54) is 0 Å². The Morgan fingerprint density at radius 3 is 2.86 bits per heavy atom. The quantitative estimate of drug-likeness (QED) is 0.910. The molecular formula is C17H23BrN2O. The van der Waals surface area contributed by atoms with Gasteiger partial charge < -0.3 is 10.6 Å². The van der Waals surface area contributed by atoms with Crippen LogP contribution in [-0.4, -0.2) is 29.9 Å². The molecule has 2 fully saturated rings. The van der Waals surface area contributed by atoms with Crippen LogP contribution in [0.25, 0.3) is 0 Å². The molecule has 2 unspecified atom stereocenters. The highest BCUT2D eigenvalue weighted by Crippen LogP contribution is 2.50. The van der Waals surface area contributed by atoms with E-state index in [2.05, 4.69) is 39.9 Å². The summed E-state index contributed by atoms with van der Waals surface area (Å²) in [6, 6.07) is 8.38. The molecule has 2 N–H and O–H groups in total. The highest BCUT2D eigenvalue weighted by atomic mass is 79.9. The van der Waals surface area contributed by atoms with Crippen molar-refractivity contribution >= 4 is 21.8 Å². The highest BCUT2D eigenvalue weighted by Gasteiger charge is 2.53. The van der Waals surface area contributed by atoms with E-state index >= 15 is 0 Å². The molecule has 0 bridgehead atoms. The summed E-state index contributed by atoms with van der Waals surface area (Å²) >= 11 is 3.51. The molecule has 2 atom stereocenters. The number of likely N-dealkylation sites (tertiary alicyclic amines) is 1. The van der Waals surface area contributed by atoms with Crippen molar-refractivity contribution in [2.75, 3.05) is 13.1 Å². The average molecular weight is 351 g/mol. The molecule has 2 aliphatic rings. The first-order valence-electron chi connectivity index (χ1n) is 7.84. The Kier molecular flexibility index (Phi) is 4.10. The molecule has 114 valence electrons. The molecule has 0 aromatic heterocycles. The number of carbonyl (C=O) groups is 1. The summed E-state index contributed by atoms with van der Waals surface area (Å²) in [5.41, 5.74) is 6.94. The molecule has 0 radical (unpaired) electrons. The molecule has 1 aliphatic heterocycles. The lowest BCUT2D eigenvalue weighted by molar-refractivity contribution is -0.135. The third-order valence-electron chi connectivity index (χ3n) is 5.03. The monoisotopic (exact) mass is 350 g/mol.